The molecule has 0 N–H and O–H groups in total. The van der Waals surface area contributed by atoms with E-state index in [4.69, 9.17) is 0 Å². The Morgan fingerprint density at radius 2 is 1.08 bits per heavy atom. The van der Waals surface area contributed by atoms with Gasteiger partial charge < -0.3 is 9.47 Å². The first-order valence-corrected chi connectivity index (χ1v) is 12.6. The molecule has 36 heavy (non-hydrogen) atoms. The summed E-state index contributed by atoms with van der Waals surface area (Å²) in [5.41, 5.74) is 8.43. The highest BCUT2D eigenvalue weighted by Crippen LogP contribution is 2.41. The molecule has 0 aliphatic rings. The Morgan fingerprint density at radius 3 is 1.75 bits per heavy atom. The molecule has 176 valence electrons. The number of para-hydroxylation sites is 5. The summed E-state index contributed by atoms with van der Waals surface area (Å²) in [4.78, 5) is 2.35. The van der Waals surface area contributed by atoms with Crippen LogP contribution in [0, 0.1) is 0 Å². The van der Waals surface area contributed by atoms with Gasteiger partial charge in [-0.25, -0.2) is 0 Å². The maximum absolute atomic E-state index is 2.42. The maximum atomic E-state index is 2.42. The molecule has 0 atom stereocenters. The second kappa shape index (κ2) is 8.73. The first-order chi connectivity index (χ1) is 17.5. The molecule has 0 aliphatic heterocycles. The van der Waals surface area contributed by atoms with Crippen molar-refractivity contribution in [1.29, 1.82) is 0 Å². The lowest BCUT2D eigenvalue weighted by atomic mass is 9.86. The molecule has 0 fully saturated rings. The van der Waals surface area contributed by atoms with Gasteiger partial charge in [-0.2, -0.15) is 0 Å². The summed E-state index contributed by atoms with van der Waals surface area (Å²) in [6.07, 6.45) is 0. The van der Waals surface area contributed by atoms with Crippen LogP contribution in [0.15, 0.2) is 127 Å². The number of aromatic nitrogens is 1. The normalized spacial score (nSPS) is 11.8. The molecule has 2 nitrogen and oxygen atoms in total. The predicted molar refractivity (Wildman–Crippen MR) is 154 cm³/mol. The molecule has 1 aromatic heterocycles. The van der Waals surface area contributed by atoms with Gasteiger partial charge in [-0.05, 0) is 65.6 Å². The van der Waals surface area contributed by atoms with Crippen molar-refractivity contribution >= 4 is 38.9 Å². The fourth-order valence-electron chi connectivity index (χ4n) is 5.12. The molecule has 5 aromatic carbocycles. The van der Waals surface area contributed by atoms with Gasteiger partial charge in [0.05, 0.1) is 22.4 Å². The molecule has 0 amide bonds. The van der Waals surface area contributed by atoms with Gasteiger partial charge in [0.1, 0.15) is 0 Å². The zero-order valence-electron chi connectivity index (χ0n) is 21.0. The van der Waals surface area contributed by atoms with Gasteiger partial charge >= 0.3 is 0 Å². The molecule has 6 rings (SSSR count). The van der Waals surface area contributed by atoms with E-state index in [1.165, 1.54) is 27.4 Å². The van der Waals surface area contributed by atoms with Crippen molar-refractivity contribution in [2.45, 2.75) is 26.2 Å². The molecular formula is C34H30N2. The predicted octanol–water partition coefficient (Wildman–Crippen LogP) is 9.55. The van der Waals surface area contributed by atoms with Gasteiger partial charge in [-0.15, -0.1) is 0 Å². The van der Waals surface area contributed by atoms with Crippen molar-refractivity contribution in [1.82, 2.24) is 4.57 Å². The molecule has 0 unspecified atom stereocenters. The van der Waals surface area contributed by atoms with Crippen LogP contribution in [0.25, 0.3) is 27.5 Å². The minimum Gasteiger partial charge on any atom is -0.308 e. The SMILES string of the molecule is CC(C)(C)c1ccc2c(c1)c1ccccc1n2-c1ccccc1N(c1ccccc1)c1ccccc1. The number of hydrogen-bond acceptors (Lipinski definition) is 1. The summed E-state index contributed by atoms with van der Waals surface area (Å²) in [7, 11) is 0. The number of anilines is 3. The molecule has 0 aliphatic carbocycles. The van der Waals surface area contributed by atoms with Crippen LogP contribution in [0.5, 0.6) is 0 Å². The summed E-state index contributed by atoms with van der Waals surface area (Å²) in [6.45, 7) is 6.83. The Balaban J connectivity index is 1.67. The van der Waals surface area contributed by atoms with Crippen LogP contribution in [0.1, 0.15) is 26.3 Å². The Hall–Kier alpha value is -4.30. The van der Waals surface area contributed by atoms with Crippen molar-refractivity contribution in [3.8, 4) is 5.69 Å². The van der Waals surface area contributed by atoms with Gasteiger partial charge in [0, 0.05) is 22.1 Å². The van der Waals surface area contributed by atoms with E-state index in [1.54, 1.807) is 0 Å². The van der Waals surface area contributed by atoms with Crippen molar-refractivity contribution in [2.24, 2.45) is 0 Å². The highest BCUT2D eigenvalue weighted by molar-refractivity contribution is 6.10. The highest BCUT2D eigenvalue weighted by atomic mass is 15.2. The Morgan fingerprint density at radius 1 is 0.528 bits per heavy atom. The molecule has 0 saturated carbocycles. The summed E-state index contributed by atoms with van der Waals surface area (Å²) in [6, 6.07) is 45.7. The smallest absolute Gasteiger partial charge is 0.0702 e. The van der Waals surface area contributed by atoms with Gasteiger partial charge in [0.25, 0.3) is 0 Å². The fraction of sp³-hybridized carbons (Fsp3) is 0.118. The lowest BCUT2D eigenvalue weighted by Crippen LogP contribution is -2.13. The van der Waals surface area contributed by atoms with Gasteiger partial charge in [0.15, 0.2) is 0 Å². The standard InChI is InChI=1S/C34H30N2/c1-34(2,3)25-22-23-31-29(24-25)28-18-10-11-19-30(28)36(31)33-21-13-12-20-32(33)35(26-14-6-4-7-15-26)27-16-8-5-9-17-27/h4-24H,1-3H3. The van der Waals surface area contributed by atoms with E-state index < -0.39 is 0 Å². The van der Waals surface area contributed by atoms with E-state index >= 15 is 0 Å². The lowest BCUT2D eigenvalue weighted by molar-refractivity contribution is 0.591. The number of fused-ring (bicyclic) bond motifs is 3. The molecule has 0 saturated heterocycles. The third-order valence-electron chi connectivity index (χ3n) is 6.93. The van der Waals surface area contributed by atoms with Crippen LogP contribution in [0.3, 0.4) is 0 Å². The van der Waals surface area contributed by atoms with Crippen molar-refractivity contribution in [3.05, 3.63) is 133 Å². The van der Waals surface area contributed by atoms with E-state index in [-0.39, 0.29) is 5.41 Å². The molecular weight excluding hydrogens is 436 g/mol. The van der Waals surface area contributed by atoms with Crippen molar-refractivity contribution in [3.63, 3.8) is 0 Å². The van der Waals surface area contributed by atoms with Crippen LogP contribution >= 0.6 is 0 Å². The number of nitrogens with zero attached hydrogens (tertiary/aromatic N) is 2. The molecule has 0 bridgehead atoms. The Labute approximate surface area is 213 Å². The molecule has 1 heterocycles. The van der Waals surface area contributed by atoms with E-state index in [2.05, 4.69) is 158 Å². The van der Waals surface area contributed by atoms with E-state index in [1.807, 2.05) is 0 Å². The summed E-state index contributed by atoms with van der Waals surface area (Å²) < 4.78 is 2.42. The number of hydrogen-bond donors (Lipinski definition) is 0. The summed E-state index contributed by atoms with van der Waals surface area (Å²) in [5, 5.41) is 2.57. The topological polar surface area (TPSA) is 8.17 Å². The zero-order chi connectivity index (χ0) is 24.7. The second-order valence-corrected chi connectivity index (χ2v) is 10.3. The van der Waals surface area contributed by atoms with E-state index in [0.717, 1.165) is 22.7 Å². The second-order valence-electron chi connectivity index (χ2n) is 10.3. The van der Waals surface area contributed by atoms with Gasteiger partial charge in [-0.3, -0.25) is 0 Å². The average Bonchev–Trinajstić information content (AvgIpc) is 3.24. The molecule has 6 aromatic rings. The van der Waals surface area contributed by atoms with Crippen molar-refractivity contribution in [2.75, 3.05) is 4.90 Å². The Kier molecular flexibility index (Phi) is 5.38. The number of rotatable bonds is 4. The molecule has 0 radical (unpaired) electrons. The molecule has 2 heteroatoms. The number of benzene rings is 5. The fourth-order valence-corrected chi connectivity index (χ4v) is 5.12. The van der Waals surface area contributed by atoms with E-state index in [9.17, 15) is 0 Å². The first kappa shape index (κ1) is 22.2. The van der Waals surface area contributed by atoms with E-state index in [0.29, 0.717) is 0 Å². The van der Waals surface area contributed by atoms with Crippen LogP contribution in [0.2, 0.25) is 0 Å². The highest BCUT2D eigenvalue weighted by Gasteiger charge is 2.21. The van der Waals surface area contributed by atoms with Crippen LogP contribution in [0.4, 0.5) is 17.1 Å². The maximum Gasteiger partial charge on any atom is 0.0702 e. The van der Waals surface area contributed by atoms with Crippen molar-refractivity contribution < 1.29 is 0 Å². The quantitative estimate of drug-likeness (QED) is 0.251. The zero-order valence-corrected chi connectivity index (χ0v) is 21.0. The summed E-state index contributed by atoms with van der Waals surface area (Å²) in [5.74, 6) is 0. The first-order valence-electron chi connectivity index (χ1n) is 12.6. The van der Waals surface area contributed by atoms with Crippen LogP contribution in [-0.4, -0.2) is 4.57 Å². The largest absolute Gasteiger partial charge is 0.308 e. The minimum absolute atomic E-state index is 0.0900. The average molecular weight is 467 g/mol. The Bertz CT molecular complexity index is 1620. The summed E-state index contributed by atoms with van der Waals surface area (Å²) >= 11 is 0. The van der Waals surface area contributed by atoms with Crippen LogP contribution < -0.4 is 4.90 Å². The van der Waals surface area contributed by atoms with Crippen LogP contribution in [-0.2, 0) is 5.41 Å². The monoisotopic (exact) mass is 466 g/mol. The third kappa shape index (κ3) is 3.76. The van der Waals surface area contributed by atoms with Gasteiger partial charge in [-0.1, -0.05) is 93.6 Å². The lowest BCUT2D eigenvalue weighted by Gasteiger charge is -2.28. The minimum atomic E-state index is 0.0900. The van der Waals surface area contributed by atoms with Gasteiger partial charge in [0.2, 0.25) is 0 Å². The third-order valence-corrected chi connectivity index (χ3v) is 6.93. The molecule has 0 spiro atoms.